The summed E-state index contributed by atoms with van der Waals surface area (Å²) in [6.07, 6.45) is 1.64. The van der Waals surface area contributed by atoms with E-state index in [1.807, 2.05) is 31.2 Å². The van der Waals surface area contributed by atoms with Crippen LogP contribution in [0.2, 0.25) is 0 Å². The fraction of sp³-hybridized carbons (Fsp3) is 0.500. The van der Waals surface area contributed by atoms with Gasteiger partial charge in [0.2, 0.25) is 5.82 Å². The van der Waals surface area contributed by atoms with Crippen molar-refractivity contribution in [1.29, 1.82) is 0 Å². The molecule has 0 bridgehead atoms. The summed E-state index contributed by atoms with van der Waals surface area (Å²) in [6, 6.07) is 8.39. The number of aromatic nitrogens is 2. The number of aryl methyl sites for hydroxylation is 1. The molecule has 1 saturated heterocycles. The van der Waals surface area contributed by atoms with Crippen molar-refractivity contribution in [3.05, 3.63) is 29.8 Å². The van der Waals surface area contributed by atoms with E-state index in [2.05, 4.69) is 15.5 Å². The van der Waals surface area contributed by atoms with E-state index in [0.717, 1.165) is 18.6 Å². The van der Waals surface area contributed by atoms with E-state index in [-0.39, 0.29) is 12.0 Å². The zero-order valence-electron chi connectivity index (χ0n) is 12.7. The molecule has 6 heteroatoms. The lowest BCUT2D eigenvalue weighted by Crippen LogP contribution is -2.31. The Bertz CT molecular complexity index is 603. The van der Waals surface area contributed by atoms with Crippen LogP contribution in [0.3, 0.4) is 0 Å². The summed E-state index contributed by atoms with van der Waals surface area (Å²) in [5.41, 5.74) is 2.07. The lowest BCUT2D eigenvalue weighted by atomic mass is 9.84. The van der Waals surface area contributed by atoms with Crippen LogP contribution < -0.4 is 5.32 Å². The highest BCUT2D eigenvalue weighted by molar-refractivity contribution is 5.55. The van der Waals surface area contributed by atoms with E-state index in [4.69, 9.17) is 9.26 Å². The average Bonchev–Trinajstić information content (AvgIpc) is 3.16. The van der Waals surface area contributed by atoms with Gasteiger partial charge in [0.05, 0.1) is 6.61 Å². The number of nitrogens with zero attached hydrogens (tertiary/aromatic N) is 2. The predicted molar refractivity (Wildman–Crippen MR) is 82.5 cm³/mol. The molecule has 6 nitrogen and oxygen atoms in total. The van der Waals surface area contributed by atoms with Gasteiger partial charge in [0.15, 0.2) is 0 Å². The number of benzene rings is 1. The number of nitrogens with one attached hydrogen (secondary N) is 1. The van der Waals surface area contributed by atoms with Crippen LogP contribution in [0.15, 0.2) is 28.8 Å². The molecule has 0 amide bonds. The molecular formula is C16H21N3O3. The molecule has 2 aromatic rings. The third-order valence-corrected chi connectivity index (χ3v) is 4.18. The first kappa shape index (κ1) is 15.0. The highest BCUT2D eigenvalue weighted by atomic mass is 16.5. The van der Waals surface area contributed by atoms with Gasteiger partial charge >= 0.3 is 6.01 Å². The maximum Gasteiger partial charge on any atom is 0.321 e. The minimum atomic E-state index is -0.0484. The molecule has 3 rings (SSSR count). The van der Waals surface area contributed by atoms with Crippen molar-refractivity contribution >= 4 is 6.01 Å². The maximum atomic E-state index is 9.23. The van der Waals surface area contributed by atoms with Crippen molar-refractivity contribution in [3.8, 4) is 11.4 Å². The molecule has 1 atom stereocenters. The second-order valence-electron chi connectivity index (χ2n) is 5.92. The summed E-state index contributed by atoms with van der Waals surface area (Å²) < 4.78 is 10.7. The minimum absolute atomic E-state index is 0.0484. The third kappa shape index (κ3) is 3.28. The monoisotopic (exact) mass is 303 g/mol. The molecule has 22 heavy (non-hydrogen) atoms. The molecule has 1 aliphatic rings. The fourth-order valence-corrected chi connectivity index (χ4v) is 2.69. The largest absolute Gasteiger partial charge is 0.396 e. The van der Waals surface area contributed by atoms with Gasteiger partial charge in [-0.15, -0.1) is 0 Å². The van der Waals surface area contributed by atoms with Crippen molar-refractivity contribution in [2.45, 2.75) is 19.8 Å². The fourth-order valence-electron chi connectivity index (χ4n) is 2.69. The molecular weight excluding hydrogens is 282 g/mol. The van der Waals surface area contributed by atoms with E-state index < -0.39 is 0 Å². The second kappa shape index (κ2) is 6.46. The van der Waals surface area contributed by atoms with Gasteiger partial charge in [-0.3, -0.25) is 0 Å². The van der Waals surface area contributed by atoms with Crippen molar-refractivity contribution < 1.29 is 14.4 Å². The molecule has 1 aromatic carbocycles. The predicted octanol–water partition coefficient (Wildman–Crippen LogP) is 2.25. The number of ether oxygens (including phenoxy) is 1. The summed E-state index contributed by atoms with van der Waals surface area (Å²) >= 11 is 0. The van der Waals surface area contributed by atoms with Gasteiger partial charge in [-0.05, 0) is 19.8 Å². The van der Waals surface area contributed by atoms with Crippen molar-refractivity contribution in [1.82, 2.24) is 10.1 Å². The molecule has 2 heterocycles. The van der Waals surface area contributed by atoms with E-state index in [0.29, 0.717) is 31.4 Å². The Morgan fingerprint density at radius 3 is 2.82 bits per heavy atom. The lowest BCUT2D eigenvalue weighted by Gasteiger charge is -2.25. The van der Waals surface area contributed by atoms with Crippen LogP contribution >= 0.6 is 0 Å². The highest BCUT2D eigenvalue weighted by Gasteiger charge is 2.34. The third-order valence-electron chi connectivity index (χ3n) is 4.18. The molecule has 2 N–H and O–H groups in total. The lowest BCUT2D eigenvalue weighted by molar-refractivity contribution is 0.133. The Morgan fingerprint density at radius 2 is 2.14 bits per heavy atom. The molecule has 0 spiro atoms. The van der Waals surface area contributed by atoms with Gasteiger partial charge in [0, 0.05) is 30.7 Å². The zero-order valence-corrected chi connectivity index (χ0v) is 12.7. The number of aliphatic hydroxyl groups excluding tert-OH is 1. The second-order valence-corrected chi connectivity index (χ2v) is 5.92. The first-order chi connectivity index (χ1) is 10.7. The summed E-state index contributed by atoms with van der Waals surface area (Å²) in [5, 5.41) is 16.4. The highest BCUT2D eigenvalue weighted by Crippen LogP contribution is 2.32. The van der Waals surface area contributed by atoms with Crippen molar-refractivity contribution in [2.75, 3.05) is 31.7 Å². The summed E-state index contributed by atoms with van der Waals surface area (Å²) in [7, 11) is 0. The van der Waals surface area contributed by atoms with E-state index in [1.54, 1.807) is 0 Å². The van der Waals surface area contributed by atoms with Crippen LogP contribution in [0.5, 0.6) is 0 Å². The van der Waals surface area contributed by atoms with Crippen molar-refractivity contribution in [3.63, 3.8) is 0 Å². The number of hydrogen-bond acceptors (Lipinski definition) is 6. The molecule has 1 fully saturated rings. The Kier molecular flexibility index (Phi) is 4.40. The minimum Gasteiger partial charge on any atom is -0.396 e. The Morgan fingerprint density at radius 1 is 1.32 bits per heavy atom. The normalized spacial score (nSPS) is 21.2. The molecule has 118 valence electrons. The SMILES string of the molecule is Cc1ccc(-c2noc(NC[C@]3(CCO)CCOC3)n2)cc1. The first-order valence-electron chi connectivity index (χ1n) is 7.54. The number of aliphatic hydroxyl groups is 1. The van der Waals surface area contributed by atoms with Crippen LogP contribution in [0, 0.1) is 12.3 Å². The summed E-state index contributed by atoms with van der Waals surface area (Å²) in [4.78, 5) is 4.37. The Labute approximate surface area is 129 Å². The van der Waals surface area contributed by atoms with Gasteiger partial charge in [0.25, 0.3) is 0 Å². The van der Waals surface area contributed by atoms with E-state index in [1.165, 1.54) is 5.56 Å². The van der Waals surface area contributed by atoms with Crippen molar-refractivity contribution in [2.24, 2.45) is 5.41 Å². The van der Waals surface area contributed by atoms with E-state index in [9.17, 15) is 5.11 Å². The van der Waals surface area contributed by atoms with Crippen LogP contribution in [-0.4, -0.2) is 41.6 Å². The molecule has 0 saturated carbocycles. The Balaban J connectivity index is 1.65. The average molecular weight is 303 g/mol. The van der Waals surface area contributed by atoms with Gasteiger partial charge < -0.3 is 19.7 Å². The van der Waals surface area contributed by atoms with Gasteiger partial charge in [-0.2, -0.15) is 4.98 Å². The van der Waals surface area contributed by atoms with Gasteiger partial charge in [-0.25, -0.2) is 0 Å². The van der Waals surface area contributed by atoms with E-state index >= 15 is 0 Å². The quantitative estimate of drug-likeness (QED) is 0.852. The van der Waals surface area contributed by atoms with Crippen LogP contribution in [0.25, 0.3) is 11.4 Å². The smallest absolute Gasteiger partial charge is 0.321 e. The molecule has 0 radical (unpaired) electrons. The Hall–Kier alpha value is -1.92. The molecule has 0 aliphatic carbocycles. The summed E-state index contributed by atoms with van der Waals surface area (Å²) in [6.45, 7) is 4.24. The topological polar surface area (TPSA) is 80.4 Å². The number of anilines is 1. The van der Waals surface area contributed by atoms with Crippen LogP contribution in [0.4, 0.5) is 6.01 Å². The number of hydrogen-bond donors (Lipinski definition) is 2. The molecule has 1 aromatic heterocycles. The standard InChI is InChI=1S/C16H21N3O3/c1-12-2-4-13(5-3-12)14-18-15(22-19-14)17-10-16(6-8-20)7-9-21-11-16/h2-5,20H,6-11H2,1H3,(H,17,18,19)/t16-/m0/s1. The van der Waals surface area contributed by atoms with Crippen LogP contribution in [-0.2, 0) is 4.74 Å². The zero-order chi connectivity index (χ0) is 15.4. The number of rotatable bonds is 6. The first-order valence-corrected chi connectivity index (χ1v) is 7.54. The molecule has 1 aliphatic heterocycles. The molecule has 0 unspecified atom stereocenters. The van der Waals surface area contributed by atoms with Gasteiger partial charge in [0.1, 0.15) is 0 Å². The maximum absolute atomic E-state index is 9.23. The summed E-state index contributed by atoms with van der Waals surface area (Å²) in [5.74, 6) is 0.571. The van der Waals surface area contributed by atoms with Crippen LogP contribution in [0.1, 0.15) is 18.4 Å². The van der Waals surface area contributed by atoms with Gasteiger partial charge in [-0.1, -0.05) is 35.0 Å².